The molecule has 0 bridgehead atoms. The van der Waals surface area contributed by atoms with Crippen LogP contribution in [0.25, 0.3) is 0 Å². The van der Waals surface area contributed by atoms with E-state index in [1.54, 1.807) is 6.92 Å². The average molecular weight is 129 g/mol. The molecule has 0 amide bonds. The lowest BCUT2D eigenvalue weighted by atomic mass is 10.2. The minimum absolute atomic E-state index is 0.245. The van der Waals surface area contributed by atoms with E-state index in [0.29, 0.717) is 5.57 Å². The molecule has 8 heavy (non-hydrogen) atoms. The summed E-state index contributed by atoms with van der Waals surface area (Å²) in [6, 6.07) is 0. The predicted octanol–water partition coefficient (Wildman–Crippen LogP) is 2.07. The maximum atomic E-state index is 10.3. The van der Waals surface area contributed by atoms with Crippen LogP contribution in [-0.4, -0.2) is 5.12 Å². The highest BCUT2D eigenvalue weighted by molar-refractivity contribution is 7.97. The first-order valence-corrected chi connectivity index (χ1v) is 2.82. The topological polar surface area (TPSA) is 17.1 Å². The largest absolute Gasteiger partial charge is 0.277 e. The molecule has 0 heterocycles. The number of hydrogen-bond acceptors (Lipinski definition) is 1. The van der Waals surface area contributed by atoms with Crippen LogP contribution < -0.4 is 0 Å². The monoisotopic (exact) mass is 129 g/mol. The normalized spacial score (nSPS) is 8.38. The molecule has 0 N–H and O–H groups in total. The van der Waals surface area contributed by atoms with Crippen molar-refractivity contribution in [2.24, 2.45) is 0 Å². The molecular formula is C6H9OS. The second-order valence-electron chi connectivity index (χ2n) is 1.91. The summed E-state index contributed by atoms with van der Waals surface area (Å²) in [6.45, 7) is 5.49. The summed E-state index contributed by atoms with van der Waals surface area (Å²) in [4.78, 5) is 10.3. The molecule has 1 nitrogen and oxygen atoms in total. The van der Waals surface area contributed by atoms with Gasteiger partial charge in [-0.2, -0.15) is 0 Å². The highest BCUT2D eigenvalue weighted by atomic mass is 32.1. The van der Waals surface area contributed by atoms with Crippen molar-refractivity contribution in [1.29, 1.82) is 0 Å². The van der Waals surface area contributed by atoms with E-state index >= 15 is 0 Å². The zero-order valence-electron chi connectivity index (χ0n) is 5.32. The van der Waals surface area contributed by atoms with Crippen molar-refractivity contribution < 1.29 is 4.79 Å². The first-order valence-electron chi connectivity index (χ1n) is 2.41. The Bertz CT molecular complexity index is 131. The van der Waals surface area contributed by atoms with Crippen LogP contribution in [0.3, 0.4) is 0 Å². The van der Waals surface area contributed by atoms with Gasteiger partial charge in [-0.3, -0.25) is 4.79 Å². The summed E-state index contributed by atoms with van der Waals surface area (Å²) in [7, 11) is 0. The third-order valence-corrected chi connectivity index (χ3v) is 1.36. The molecule has 0 aromatic carbocycles. The second kappa shape index (κ2) is 2.82. The molecular weight excluding hydrogens is 120 g/mol. The number of hydrogen-bond donors (Lipinski definition) is 0. The number of rotatable bonds is 1. The smallest absolute Gasteiger partial charge is 0.244 e. The maximum absolute atomic E-state index is 10.3. The van der Waals surface area contributed by atoms with Crippen molar-refractivity contribution in [2.75, 3.05) is 0 Å². The highest BCUT2D eigenvalue weighted by Crippen LogP contribution is 2.04. The van der Waals surface area contributed by atoms with Gasteiger partial charge in [0.05, 0.1) is 0 Å². The maximum Gasteiger partial charge on any atom is 0.244 e. The molecule has 0 aliphatic carbocycles. The van der Waals surface area contributed by atoms with Crippen LogP contribution in [0.5, 0.6) is 0 Å². The molecule has 0 aromatic rings. The SMILES string of the molecule is CC(C)=C(C)C(=O)[S]. The van der Waals surface area contributed by atoms with Gasteiger partial charge in [0.15, 0.2) is 0 Å². The predicted molar refractivity (Wildman–Crippen MR) is 36.6 cm³/mol. The van der Waals surface area contributed by atoms with Crippen LogP contribution in [0.4, 0.5) is 0 Å². The van der Waals surface area contributed by atoms with Crippen LogP contribution in [0, 0.1) is 0 Å². The van der Waals surface area contributed by atoms with Gasteiger partial charge in [-0.25, -0.2) is 0 Å². The van der Waals surface area contributed by atoms with Crippen molar-refractivity contribution >= 4 is 17.7 Å². The van der Waals surface area contributed by atoms with Gasteiger partial charge >= 0.3 is 0 Å². The van der Waals surface area contributed by atoms with Gasteiger partial charge in [-0.1, -0.05) is 5.57 Å². The number of carbonyl (C=O) groups excluding carboxylic acids is 1. The summed E-state index contributed by atoms with van der Waals surface area (Å²) in [5.41, 5.74) is 1.70. The summed E-state index contributed by atoms with van der Waals surface area (Å²) in [5, 5.41) is -0.245. The quantitative estimate of drug-likeness (QED) is 0.495. The molecule has 0 aliphatic heterocycles. The molecule has 0 atom stereocenters. The Labute approximate surface area is 55.2 Å². The first-order chi connectivity index (χ1) is 3.55. The minimum Gasteiger partial charge on any atom is -0.277 e. The third kappa shape index (κ3) is 2.07. The summed E-state index contributed by atoms with van der Waals surface area (Å²) in [6.07, 6.45) is 0. The molecule has 0 saturated heterocycles. The van der Waals surface area contributed by atoms with Crippen LogP contribution in [0.1, 0.15) is 20.8 Å². The van der Waals surface area contributed by atoms with Crippen molar-refractivity contribution in [2.45, 2.75) is 20.8 Å². The zero-order valence-corrected chi connectivity index (χ0v) is 6.13. The number of carbonyl (C=O) groups is 1. The third-order valence-electron chi connectivity index (χ3n) is 1.06. The Hall–Kier alpha value is -0.370. The molecule has 2 heteroatoms. The van der Waals surface area contributed by atoms with Gasteiger partial charge in [0, 0.05) is 5.57 Å². The number of allylic oxidation sites excluding steroid dienone is 1. The molecule has 0 spiro atoms. The van der Waals surface area contributed by atoms with Crippen LogP contribution in [-0.2, 0) is 4.79 Å². The lowest BCUT2D eigenvalue weighted by Gasteiger charge is -1.92. The van der Waals surface area contributed by atoms with E-state index in [1.165, 1.54) is 0 Å². The Morgan fingerprint density at radius 1 is 1.25 bits per heavy atom. The average Bonchev–Trinajstić information content (AvgIpc) is 1.64. The van der Waals surface area contributed by atoms with E-state index in [4.69, 9.17) is 0 Å². The van der Waals surface area contributed by atoms with Crippen molar-refractivity contribution in [3.8, 4) is 0 Å². The van der Waals surface area contributed by atoms with E-state index < -0.39 is 0 Å². The Kier molecular flexibility index (Phi) is 2.69. The fourth-order valence-electron chi connectivity index (χ4n) is 0.204. The zero-order chi connectivity index (χ0) is 6.73. The Balaban J connectivity index is 4.23. The molecule has 0 unspecified atom stereocenters. The molecule has 0 aliphatic rings. The molecule has 0 aromatic heterocycles. The minimum atomic E-state index is -0.245. The van der Waals surface area contributed by atoms with E-state index in [0.717, 1.165) is 5.57 Å². The van der Waals surface area contributed by atoms with Gasteiger partial charge in [-0.05, 0) is 33.4 Å². The molecule has 0 rings (SSSR count). The Morgan fingerprint density at radius 2 is 1.62 bits per heavy atom. The van der Waals surface area contributed by atoms with Crippen LogP contribution in [0.15, 0.2) is 11.1 Å². The van der Waals surface area contributed by atoms with Crippen LogP contribution in [0.2, 0.25) is 0 Å². The van der Waals surface area contributed by atoms with Gasteiger partial charge in [-0.15, -0.1) is 0 Å². The molecule has 0 saturated carbocycles. The molecule has 45 valence electrons. The van der Waals surface area contributed by atoms with Crippen LogP contribution >= 0.6 is 12.6 Å². The lowest BCUT2D eigenvalue weighted by molar-refractivity contribution is -0.107. The van der Waals surface area contributed by atoms with Crippen molar-refractivity contribution in [3.05, 3.63) is 11.1 Å². The molecule has 0 fully saturated rings. The van der Waals surface area contributed by atoms with E-state index in [2.05, 4.69) is 12.6 Å². The molecule has 1 radical (unpaired) electrons. The van der Waals surface area contributed by atoms with Crippen molar-refractivity contribution in [1.82, 2.24) is 0 Å². The fourth-order valence-corrected chi connectivity index (χ4v) is 0.408. The second-order valence-corrected chi connectivity index (χ2v) is 2.28. The van der Waals surface area contributed by atoms with Gasteiger partial charge in [0.25, 0.3) is 0 Å². The van der Waals surface area contributed by atoms with E-state index in [1.807, 2.05) is 13.8 Å². The van der Waals surface area contributed by atoms with E-state index in [-0.39, 0.29) is 5.12 Å². The van der Waals surface area contributed by atoms with Gasteiger partial charge in [0.1, 0.15) is 0 Å². The standard InChI is InChI=1S/C6H9OS/c1-4(2)5(3)6(7)8/h1-3H3. The highest BCUT2D eigenvalue weighted by Gasteiger charge is 1.98. The van der Waals surface area contributed by atoms with Crippen molar-refractivity contribution in [3.63, 3.8) is 0 Å². The summed E-state index contributed by atoms with van der Waals surface area (Å²) in [5.74, 6) is 0. The van der Waals surface area contributed by atoms with Gasteiger partial charge < -0.3 is 0 Å². The Morgan fingerprint density at radius 3 is 1.62 bits per heavy atom. The fraction of sp³-hybridized carbons (Fsp3) is 0.500. The first kappa shape index (κ1) is 7.63. The summed E-state index contributed by atoms with van der Waals surface area (Å²) < 4.78 is 0. The summed E-state index contributed by atoms with van der Waals surface area (Å²) >= 11 is 4.38. The lowest BCUT2D eigenvalue weighted by Crippen LogP contribution is -1.89. The van der Waals surface area contributed by atoms with Gasteiger partial charge in [0.2, 0.25) is 5.12 Å². The van der Waals surface area contributed by atoms with E-state index in [9.17, 15) is 4.79 Å².